The van der Waals surface area contributed by atoms with Gasteiger partial charge in [-0.05, 0) is 44.0 Å². The van der Waals surface area contributed by atoms with Gasteiger partial charge in [0, 0.05) is 22.6 Å². The van der Waals surface area contributed by atoms with Crippen LogP contribution in [0.2, 0.25) is 5.02 Å². The summed E-state index contributed by atoms with van der Waals surface area (Å²) in [5, 5.41) is 0.754. The van der Waals surface area contributed by atoms with Crippen molar-refractivity contribution in [1.29, 1.82) is 0 Å². The zero-order valence-corrected chi connectivity index (χ0v) is 14.1. The second-order valence-corrected chi connectivity index (χ2v) is 6.55. The highest BCUT2D eigenvalue weighted by atomic mass is 79.9. The van der Waals surface area contributed by atoms with Crippen LogP contribution >= 0.6 is 27.5 Å². The van der Waals surface area contributed by atoms with Gasteiger partial charge in [-0.1, -0.05) is 27.5 Å². The summed E-state index contributed by atoms with van der Waals surface area (Å²) in [7, 11) is 0. The topological polar surface area (TPSA) is 22.4 Å². The van der Waals surface area contributed by atoms with Crippen LogP contribution in [0.25, 0.3) is 0 Å². The first-order chi connectivity index (χ1) is 9.49. The van der Waals surface area contributed by atoms with Crippen molar-refractivity contribution in [3.8, 4) is 5.75 Å². The molecule has 1 unspecified atom stereocenters. The predicted molar refractivity (Wildman–Crippen MR) is 84.3 cm³/mol. The second-order valence-electron chi connectivity index (χ2n) is 5.20. The predicted octanol–water partition coefficient (Wildman–Crippen LogP) is 5.28. The molecule has 0 radical (unpaired) electrons. The molecule has 106 valence electrons. The smallest absolute Gasteiger partial charge is 0.127 e. The molecule has 20 heavy (non-hydrogen) atoms. The minimum Gasteiger partial charge on any atom is -0.493 e. The molecule has 0 fully saturated rings. The fourth-order valence-corrected chi connectivity index (χ4v) is 4.08. The number of halogens is 2. The van der Waals surface area contributed by atoms with E-state index in [0.29, 0.717) is 0 Å². The van der Waals surface area contributed by atoms with E-state index in [1.54, 1.807) is 0 Å². The Morgan fingerprint density at radius 1 is 1.20 bits per heavy atom. The van der Waals surface area contributed by atoms with Gasteiger partial charge in [0.15, 0.2) is 0 Å². The van der Waals surface area contributed by atoms with Crippen molar-refractivity contribution in [2.75, 3.05) is 6.61 Å². The Hall–Kier alpha value is -0.930. The van der Waals surface area contributed by atoms with Crippen LogP contribution in [-0.4, -0.2) is 6.61 Å². The number of rotatable bonds is 2. The number of alkyl halides is 1. The number of benzene rings is 1. The Kier molecular flexibility index (Phi) is 3.59. The molecule has 0 bridgehead atoms. The van der Waals surface area contributed by atoms with Gasteiger partial charge in [-0.15, -0.1) is 0 Å². The number of aryl methyl sites for hydroxylation is 2. The summed E-state index contributed by atoms with van der Waals surface area (Å²) in [6.45, 7) is 6.80. The highest BCUT2D eigenvalue weighted by Crippen LogP contribution is 2.45. The van der Waals surface area contributed by atoms with E-state index in [2.05, 4.69) is 22.9 Å². The zero-order chi connectivity index (χ0) is 14.4. The van der Waals surface area contributed by atoms with Gasteiger partial charge in [0.25, 0.3) is 0 Å². The summed E-state index contributed by atoms with van der Waals surface area (Å²) >= 11 is 10.0. The third-order valence-corrected chi connectivity index (χ3v) is 5.09. The quantitative estimate of drug-likeness (QED) is 0.684. The highest BCUT2D eigenvalue weighted by Gasteiger charge is 2.27. The van der Waals surface area contributed by atoms with Crippen LogP contribution < -0.4 is 4.74 Å². The van der Waals surface area contributed by atoms with Crippen LogP contribution in [-0.2, 0) is 6.42 Å². The summed E-state index contributed by atoms with van der Waals surface area (Å²) in [5.74, 6) is 2.86. The molecule has 4 heteroatoms. The molecule has 3 rings (SSSR count). The number of ether oxygens (including phenoxy) is 1. The minimum absolute atomic E-state index is 0.0329. The van der Waals surface area contributed by atoms with E-state index in [9.17, 15) is 0 Å². The molecule has 1 aromatic carbocycles. The molecule has 2 heterocycles. The van der Waals surface area contributed by atoms with Gasteiger partial charge >= 0.3 is 0 Å². The molecule has 0 spiro atoms. The molecule has 0 amide bonds. The minimum atomic E-state index is 0.0329. The van der Waals surface area contributed by atoms with E-state index >= 15 is 0 Å². The lowest BCUT2D eigenvalue weighted by Gasteiger charge is -2.15. The maximum atomic E-state index is 6.25. The van der Waals surface area contributed by atoms with Gasteiger partial charge in [-0.25, -0.2) is 0 Å². The van der Waals surface area contributed by atoms with Gasteiger partial charge < -0.3 is 9.15 Å². The largest absolute Gasteiger partial charge is 0.493 e. The third-order valence-electron chi connectivity index (χ3n) is 3.92. The van der Waals surface area contributed by atoms with Crippen molar-refractivity contribution in [1.82, 2.24) is 0 Å². The fourth-order valence-electron chi connectivity index (χ4n) is 2.83. The van der Waals surface area contributed by atoms with Crippen LogP contribution in [0.15, 0.2) is 16.5 Å². The lowest BCUT2D eigenvalue weighted by molar-refractivity contribution is 0.354. The lowest BCUT2D eigenvalue weighted by Crippen LogP contribution is -1.99. The standard InChI is InChI=1S/C16H16BrClO2/c1-8-9(2)20-10(3)14(8)15(17)13-7-12(18)6-11-4-5-19-16(11)13/h6-7,15H,4-5H2,1-3H3. The Morgan fingerprint density at radius 2 is 1.95 bits per heavy atom. The maximum Gasteiger partial charge on any atom is 0.127 e. The SMILES string of the molecule is Cc1oc(C)c(C(Br)c2cc(Cl)cc3c2OCC3)c1C. The average molecular weight is 356 g/mol. The molecule has 0 aliphatic carbocycles. The van der Waals surface area contributed by atoms with Crippen LogP contribution in [0.1, 0.15) is 38.6 Å². The van der Waals surface area contributed by atoms with Crippen LogP contribution in [0.4, 0.5) is 0 Å². The second kappa shape index (κ2) is 5.12. The monoisotopic (exact) mass is 354 g/mol. The molecular formula is C16H16BrClO2. The third kappa shape index (κ3) is 2.17. The van der Waals surface area contributed by atoms with Gasteiger partial charge in [-0.2, -0.15) is 0 Å². The summed E-state index contributed by atoms with van der Waals surface area (Å²) in [5.41, 5.74) is 4.61. The van der Waals surface area contributed by atoms with Crippen molar-refractivity contribution < 1.29 is 9.15 Å². The van der Waals surface area contributed by atoms with E-state index in [1.807, 2.05) is 26.0 Å². The molecule has 0 saturated carbocycles. The van der Waals surface area contributed by atoms with Crippen LogP contribution in [0.3, 0.4) is 0 Å². The maximum absolute atomic E-state index is 6.25. The average Bonchev–Trinajstić information content (AvgIpc) is 2.93. The molecular weight excluding hydrogens is 340 g/mol. The molecule has 0 saturated heterocycles. The van der Waals surface area contributed by atoms with Gasteiger partial charge in [-0.3, -0.25) is 0 Å². The molecule has 1 aromatic heterocycles. The Bertz CT molecular complexity index is 676. The number of fused-ring (bicyclic) bond motifs is 1. The van der Waals surface area contributed by atoms with Crippen molar-refractivity contribution in [3.05, 3.63) is 50.9 Å². The summed E-state index contributed by atoms with van der Waals surface area (Å²) < 4.78 is 11.5. The van der Waals surface area contributed by atoms with E-state index in [-0.39, 0.29) is 4.83 Å². The molecule has 0 N–H and O–H groups in total. The van der Waals surface area contributed by atoms with E-state index in [0.717, 1.165) is 40.9 Å². The summed E-state index contributed by atoms with van der Waals surface area (Å²) in [6.07, 6.45) is 0.922. The summed E-state index contributed by atoms with van der Waals surface area (Å²) in [6, 6.07) is 3.97. The number of furan rings is 1. The first-order valence-electron chi connectivity index (χ1n) is 6.64. The first-order valence-corrected chi connectivity index (χ1v) is 7.94. The van der Waals surface area contributed by atoms with E-state index in [4.69, 9.17) is 20.8 Å². The first kappa shape index (κ1) is 14.0. The Morgan fingerprint density at radius 3 is 2.60 bits per heavy atom. The van der Waals surface area contributed by atoms with E-state index < -0.39 is 0 Å². The molecule has 1 atom stereocenters. The van der Waals surface area contributed by atoms with Gasteiger partial charge in [0.05, 0.1) is 11.4 Å². The Balaban J connectivity index is 2.14. The Labute approximate surface area is 132 Å². The highest BCUT2D eigenvalue weighted by molar-refractivity contribution is 9.09. The zero-order valence-electron chi connectivity index (χ0n) is 11.7. The number of hydrogen-bond acceptors (Lipinski definition) is 2. The molecule has 1 aliphatic rings. The molecule has 2 nitrogen and oxygen atoms in total. The summed E-state index contributed by atoms with van der Waals surface area (Å²) in [4.78, 5) is 0.0329. The van der Waals surface area contributed by atoms with Crippen molar-refractivity contribution in [2.45, 2.75) is 32.0 Å². The number of hydrogen-bond donors (Lipinski definition) is 0. The van der Waals surface area contributed by atoms with Crippen LogP contribution in [0, 0.1) is 20.8 Å². The molecule has 1 aliphatic heterocycles. The fraction of sp³-hybridized carbons (Fsp3) is 0.375. The molecule has 2 aromatic rings. The van der Waals surface area contributed by atoms with Crippen molar-refractivity contribution in [3.63, 3.8) is 0 Å². The normalized spacial score (nSPS) is 15.1. The van der Waals surface area contributed by atoms with Crippen molar-refractivity contribution >= 4 is 27.5 Å². The van der Waals surface area contributed by atoms with E-state index in [1.165, 1.54) is 16.7 Å². The van der Waals surface area contributed by atoms with Gasteiger partial charge in [0.2, 0.25) is 0 Å². The lowest BCUT2D eigenvalue weighted by atomic mass is 9.98. The van der Waals surface area contributed by atoms with Gasteiger partial charge in [0.1, 0.15) is 17.3 Å². The van der Waals surface area contributed by atoms with Crippen LogP contribution in [0.5, 0.6) is 5.75 Å². The van der Waals surface area contributed by atoms with Crippen molar-refractivity contribution in [2.24, 2.45) is 0 Å².